The fourth-order valence-corrected chi connectivity index (χ4v) is 15.8. The maximum atomic E-state index is 2.31. The maximum absolute atomic E-state index is 2.31. The van der Waals surface area contributed by atoms with Crippen LogP contribution in [0.3, 0.4) is 0 Å². The van der Waals surface area contributed by atoms with Crippen LogP contribution in [-0.2, 0) is 0 Å². The van der Waals surface area contributed by atoms with E-state index in [0.29, 0.717) is 0 Å². The molecule has 0 saturated carbocycles. The average molecular weight is 1480 g/mol. The zero-order valence-electron chi connectivity index (χ0n) is 65.3. The van der Waals surface area contributed by atoms with E-state index < -0.39 is 0 Å². The molecule has 0 spiro atoms. The third-order valence-corrected chi connectivity index (χ3v) is 21.9. The van der Waals surface area contributed by atoms with Crippen LogP contribution in [0.25, 0.3) is 76.5 Å². The van der Waals surface area contributed by atoms with Gasteiger partial charge in [-0.1, -0.05) is 272 Å². The van der Waals surface area contributed by atoms with Crippen LogP contribution in [0, 0.1) is 13.8 Å². The molecule has 19 rings (SSSR count). The highest BCUT2D eigenvalue weighted by Crippen LogP contribution is 2.46. The fourth-order valence-electron chi connectivity index (χ4n) is 15.8. The summed E-state index contributed by atoms with van der Waals surface area (Å²) in [5.74, 6) is 0. The van der Waals surface area contributed by atoms with Gasteiger partial charge < -0.3 is 29.4 Å². The molecule has 0 aromatic heterocycles. The maximum Gasteiger partial charge on any atom is 0.0488 e. The summed E-state index contributed by atoms with van der Waals surface area (Å²) in [7, 11) is 6.39. The van der Waals surface area contributed by atoms with E-state index in [0.717, 1.165) is 56.9 Å². The van der Waals surface area contributed by atoms with Gasteiger partial charge in [0.15, 0.2) is 0 Å². The van der Waals surface area contributed by atoms with Crippen LogP contribution in [-0.4, -0.2) is 21.1 Å². The molecule has 0 saturated heterocycles. The molecule has 0 fully saturated rings. The quantitative estimate of drug-likeness (QED) is 0.0625. The minimum Gasteiger partial charge on any atom is -0.345 e. The zero-order chi connectivity index (χ0) is 78.0. The molecule has 6 heteroatoms. The Morgan fingerprint density at radius 2 is 0.400 bits per heavy atom. The summed E-state index contributed by atoms with van der Waals surface area (Å²) in [6.45, 7) is 4.24. The smallest absolute Gasteiger partial charge is 0.0488 e. The minimum absolute atomic E-state index is 1.13. The van der Waals surface area contributed by atoms with Crippen LogP contribution < -0.4 is 29.4 Å². The molecule has 0 unspecified atom stereocenters. The summed E-state index contributed by atoms with van der Waals surface area (Å²) in [5.41, 5.74) is 27.1. The molecule has 6 nitrogen and oxygen atoms in total. The Balaban J connectivity index is 0.000000127. The van der Waals surface area contributed by atoms with Crippen LogP contribution in [0.5, 0.6) is 0 Å². The van der Waals surface area contributed by atoms with E-state index in [-0.39, 0.29) is 0 Å². The Labute approximate surface area is 675 Å². The number of hydrogen-bond acceptors (Lipinski definition) is 6. The second kappa shape index (κ2) is 33.5. The summed E-state index contributed by atoms with van der Waals surface area (Å²) in [5, 5.41) is 10.5. The molecule has 554 valence electrons. The molecule has 0 aliphatic rings. The highest BCUT2D eigenvalue weighted by atomic mass is 15.2. The number of fused-ring (bicyclic) bond motifs is 2. The van der Waals surface area contributed by atoms with E-state index in [2.05, 4.69) is 507 Å². The van der Waals surface area contributed by atoms with E-state index in [9.17, 15) is 0 Å². The molecule has 19 aromatic rings. The molecule has 0 aliphatic heterocycles. The van der Waals surface area contributed by atoms with Gasteiger partial charge in [-0.3, -0.25) is 0 Å². The lowest BCUT2D eigenvalue weighted by atomic mass is 9.89. The SMILES string of the molecule is CN(c1ccc(-c2ccc(N(c3ccccc3)c3ccccc3)cc2)cc1)c1ccc2c3cccc4cccc(c5cccc1c52)c43.Cc1ccc(N(C)c2ccc(-c3ccc(N(c4ccccc4)c4ccccc4)cc3)cc2)cc1.Cc1cccc(N(C)c2ccc(-c3ccc(N(c4ccccc4)c4ccccc4)cc3)cc2)c1. The largest absolute Gasteiger partial charge is 0.345 e. The van der Waals surface area contributed by atoms with E-state index in [1.54, 1.807) is 0 Å². The van der Waals surface area contributed by atoms with Gasteiger partial charge >= 0.3 is 0 Å². The molecule has 0 aliphatic carbocycles. The van der Waals surface area contributed by atoms with Crippen molar-refractivity contribution in [3.05, 3.63) is 454 Å². The molecular weight excluding hydrogens is 1390 g/mol. The fraction of sp³-hybridized carbons (Fsp3) is 0.0459. The highest BCUT2D eigenvalue weighted by Gasteiger charge is 2.20. The average Bonchev–Trinajstić information content (AvgIpc) is 0.716. The molecule has 0 bridgehead atoms. The summed E-state index contributed by atoms with van der Waals surface area (Å²) >= 11 is 0. The molecule has 0 atom stereocenters. The lowest BCUT2D eigenvalue weighted by Gasteiger charge is -2.25. The zero-order valence-corrected chi connectivity index (χ0v) is 65.3. The van der Waals surface area contributed by atoms with E-state index in [1.165, 1.54) is 116 Å². The number of para-hydroxylation sites is 6. The van der Waals surface area contributed by atoms with Crippen LogP contribution in [0.4, 0.5) is 85.3 Å². The monoisotopic (exact) mass is 1480 g/mol. The number of nitrogens with zero attached hydrogens (tertiary/aromatic N) is 6. The first kappa shape index (κ1) is 73.1. The van der Waals surface area contributed by atoms with Gasteiger partial charge in [0.05, 0.1) is 0 Å². The first-order valence-corrected chi connectivity index (χ1v) is 39.4. The second-order valence-corrected chi connectivity index (χ2v) is 29.2. The molecule has 0 heterocycles. The van der Waals surface area contributed by atoms with Crippen molar-refractivity contribution in [3.8, 4) is 33.4 Å². The lowest BCUT2D eigenvalue weighted by molar-refractivity contribution is 1.20. The summed E-state index contributed by atoms with van der Waals surface area (Å²) in [4.78, 5) is 13.6. The van der Waals surface area contributed by atoms with Gasteiger partial charge in [0.25, 0.3) is 0 Å². The van der Waals surface area contributed by atoms with Crippen molar-refractivity contribution in [2.45, 2.75) is 13.8 Å². The second-order valence-electron chi connectivity index (χ2n) is 29.2. The third-order valence-electron chi connectivity index (χ3n) is 21.9. The number of benzene rings is 19. The van der Waals surface area contributed by atoms with Crippen molar-refractivity contribution < 1.29 is 0 Å². The van der Waals surface area contributed by atoms with E-state index in [4.69, 9.17) is 0 Å². The van der Waals surface area contributed by atoms with Crippen molar-refractivity contribution in [2.75, 3.05) is 50.5 Å². The standard InChI is InChI=1S/C45H32N2.2C32H28N2/c1-46(43-30-29-41-39-18-9-12-33-11-8-17-38(44(33)39)40-19-10-20-42(43)45(40)41)34-25-21-31(22-26-34)32-23-27-37(28-24-32)47(35-13-4-2-5-14-35)36-15-6-3-7-16-36;1-25-10-9-15-32(24-25)33(2)28-20-16-26(17-21-28)27-18-22-31(23-19-27)34(29-11-5-3-6-12-29)30-13-7-4-8-14-30;1-25-13-19-28(20-14-25)33(2)29-21-15-26(16-22-29)27-17-23-32(24-18-27)34(30-9-5-3-6-10-30)31-11-7-4-8-12-31/h2-30H,1H3;2*3-24H,1-2H3. The van der Waals surface area contributed by atoms with Gasteiger partial charge in [0.2, 0.25) is 0 Å². The Morgan fingerprint density at radius 3 is 0.730 bits per heavy atom. The van der Waals surface area contributed by atoms with Crippen LogP contribution >= 0.6 is 0 Å². The van der Waals surface area contributed by atoms with Crippen molar-refractivity contribution in [2.24, 2.45) is 0 Å². The summed E-state index contributed by atoms with van der Waals surface area (Å²) in [6.07, 6.45) is 0. The number of anilines is 15. The Morgan fingerprint density at radius 1 is 0.157 bits per heavy atom. The molecule has 0 amide bonds. The molecular formula is C109H88N6. The van der Waals surface area contributed by atoms with Gasteiger partial charge in [-0.25, -0.2) is 0 Å². The predicted molar refractivity (Wildman–Crippen MR) is 494 cm³/mol. The van der Waals surface area contributed by atoms with Crippen LogP contribution in [0.15, 0.2) is 443 Å². The number of rotatable bonds is 18. The first-order valence-electron chi connectivity index (χ1n) is 39.4. The molecule has 115 heavy (non-hydrogen) atoms. The van der Waals surface area contributed by atoms with E-state index in [1.807, 2.05) is 0 Å². The molecule has 0 radical (unpaired) electrons. The van der Waals surface area contributed by atoms with Gasteiger partial charge in [-0.05, 0) is 266 Å². The van der Waals surface area contributed by atoms with Gasteiger partial charge in [-0.2, -0.15) is 0 Å². The Kier molecular flexibility index (Phi) is 21.3. The summed E-state index contributed by atoms with van der Waals surface area (Å²) in [6, 6.07) is 158. The van der Waals surface area contributed by atoms with Crippen molar-refractivity contribution in [1.29, 1.82) is 0 Å². The van der Waals surface area contributed by atoms with Crippen LogP contribution in [0.2, 0.25) is 0 Å². The molecule has 19 aromatic carbocycles. The minimum atomic E-state index is 1.13. The Bertz CT molecular complexity index is 6220. The summed E-state index contributed by atoms with van der Waals surface area (Å²) < 4.78 is 0. The number of hydrogen-bond donors (Lipinski definition) is 0. The first-order chi connectivity index (χ1) is 56.6. The van der Waals surface area contributed by atoms with Crippen molar-refractivity contribution in [3.63, 3.8) is 0 Å². The Hall–Kier alpha value is -14.7. The third kappa shape index (κ3) is 15.7. The predicted octanol–water partition coefficient (Wildman–Crippen LogP) is 30.4. The molecule has 0 N–H and O–H groups in total. The van der Waals surface area contributed by atoms with Gasteiger partial charge in [0, 0.05) is 112 Å². The van der Waals surface area contributed by atoms with Gasteiger partial charge in [-0.15, -0.1) is 0 Å². The van der Waals surface area contributed by atoms with Crippen molar-refractivity contribution >= 4 is 128 Å². The normalized spacial score (nSPS) is 11.0. The van der Waals surface area contributed by atoms with Crippen molar-refractivity contribution in [1.82, 2.24) is 0 Å². The lowest BCUT2D eigenvalue weighted by Crippen LogP contribution is -2.10. The van der Waals surface area contributed by atoms with Gasteiger partial charge in [0.1, 0.15) is 0 Å². The van der Waals surface area contributed by atoms with Crippen LogP contribution in [0.1, 0.15) is 11.1 Å². The van der Waals surface area contributed by atoms with E-state index >= 15 is 0 Å². The topological polar surface area (TPSA) is 19.4 Å². The number of aryl methyl sites for hydroxylation is 2. The highest BCUT2D eigenvalue weighted by molar-refractivity contribution is 6.34.